The first-order valence-corrected chi connectivity index (χ1v) is 17.2. The largest absolute Gasteiger partial charge is 0.350 e. The summed E-state index contributed by atoms with van der Waals surface area (Å²) in [6.07, 6.45) is 0.746. The topological polar surface area (TPSA) is 86.8 Å². The highest BCUT2D eigenvalue weighted by Crippen LogP contribution is 2.29. The Hall–Kier alpha value is -3.85. The SMILES string of the molecule is CCc1ccccc1N(CC(=O)N(Cc1ccc(Cl)c(Cl)c1)C(Cc1ccccc1)C(=O)NC(C)(C)C)S(=O)(=O)c1ccccc1. The van der Waals surface area contributed by atoms with Crippen molar-refractivity contribution < 1.29 is 18.0 Å². The summed E-state index contributed by atoms with van der Waals surface area (Å²) in [4.78, 5) is 30.1. The lowest BCUT2D eigenvalue weighted by Gasteiger charge is -2.35. The number of nitrogens with zero attached hydrogens (tertiary/aromatic N) is 2. The summed E-state index contributed by atoms with van der Waals surface area (Å²) in [5, 5.41) is 3.68. The van der Waals surface area contributed by atoms with Crippen molar-refractivity contribution in [3.63, 3.8) is 0 Å². The zero-order chi connectivity index (χ0) is 33.5. The average Bonchev–Trinajstić information content (AvgIpc) is 3.03. The molecule has 7 nitrogen and oxygen atoms in total. The van der Waals surface area contributed by atoms with E-state index in [0.29, 0.717) is 27.7 Å². The van der Waals surface area contributed by atoms with Gasteiger partial charge in [-0.1, -0.05) is 103 Å². The van der Waals surface area contributed by atoms with E-state index in [4.69, 9.17) is 23.2 Å². The van der Waals surface area contributed by atoms with E-state index in [0.717, 1.165) is 15.4 Å². The Bertz CT molecular complexity index is 1760. The summed E-state index contributed by atoms with van der Waals surface area (Å²) in [7, 11) is -4.19. The van der Waals surface area contributed by atoms with Crippen molar-refractivity contribution in [2.75, 3.05) is 10.8 Å². The molecule has 0 aliphatic carbocycles. The zero-order valence-corrected chi connectivity index (χ0v) is 28.7. The molecule has 0 fully saturated rings. The van der Waals surface area contributed by atoms with Crippen LogP contribution in [0.25, 0.3) is 0 Å². The number of anilines is 1. The maximum absolute atomic E-state index is 14.6. The number of aryl methyl sites for hydroxylation is 1. The second kappa shape index (κ2) is 15.2. The van der Waals surface area contributed by atoms with Crippen molar-refractivity contribution >= 4 is 50.7 Å². The van der Waals surface area contributed by atoms with Crippen LogP contribution in [0.1, 0.15) is 44.4 Å². The number of hydrogen-bond acceptors (Lipinski definition) is 4. The maximum Gasteiger partial charge on any atom is 0.264 e. The molecule has 4 rings (SSSR count). The van der Waals surface area contributed by atoms with Gasteiger partial charge < -0.3 is 10.2 Å². The molecule has 1 atom stereocenters. The maximum atomic E-state index is 14.6. The molecule has 0 aliphatic rings. The van der Waals surface area contributed by atoms with Gasteiger partial charge in [0.2, 0.25) is 11.8 Å². The van der Waals surface area contributed by atoms with E-state index < -0.39 is 34.1 Å². The van der Waals surface area contributed by atoms with E-state index in [1.165, 1.54) is 17.0 Å². The minimum Gasteiger partial charge on any atom is -0.350 e. The van der Waals surface area contributed by atoms with Gasteiger partial charge in [0.25, 0.3) is 10.0 Å². The Labute approximate surface area is 282 Å². The third kappa shape index (κ3) is 8.90. The predicted molar refractivity (Wildman–Crippen MR) is 186 cm³/mol. The highest BCUT2D eigenvalue weighted by molar-refractivity contribution is 7.92. The lowest BCUT2D eigenvalue weighted by molar-refractivity contribution is -0.140. The van der Waals surface area contributed by atoms with Crippen LogP contribution >= 0.6 is 23.2 Å². The van der Waals surface area contributed by atoms with E-state index in [2.05, 4.69) is 5.32 Å². The Kier molecular flexibility index (Phi) is 11.5. The second-order valence-corrected chi connectivity index (χ2v) is 14.7. The van der Waals surface area contributed by atoms with Crippen LogP contribution in [-0.2, 0) is 39.0 Å². The fourth-order valence-electron chi connectivity index (χ4n) is 5.13. The first kappa shape index (κ1) is 35.0. The number of nitrogens with one attached hydrogen (secondary N) is 1. The van der Waals surface area contributed by atoms with Crippen LogP contribution in [0.15, 0.2) is 108 Å². The van der Waals surface area contributed by atoms with Crippen LogP contribution in [0.4, 0.5) is 5.69 Å². The van der Waals surface area contributed by atoms with E-state index in [1.54, 1.807) is 48.5 Å². The number of sulfonamides is 1. The van der Waals surface area contributed by atoms with Gasteiger partial charge in [-0.3, -0.25) is 13.9 Å². The van der Waals surface area contributed by atoms with Gasteiger partial charge in [0.1, 0.15) is 12.6 Å². The summed E-state index contributed by atoms with van der Waals surface area (Å²) in [6.45, 7) is 6.97. The highest BCUT2D eigenvalue weighted by atomic mass is 35.5. The number of rotatable bonds is 12. The van der Waals surface area contributed by atoms with E-state index in [-0.39, 0.29) is 23.8 Å². The molecule has 4 aromatic rings. The number of halogens is 2. The molecule has 242 valence electrons. The van der Waals surface area contributed by atoms with Crippen LogP contribution in [-0.4, -0.2) is 43.3 Å². The average molecular weight is 681 g/mol. The molecule has 0 bridgehead atoms. The number of carbonyl (C=O) groups excluding carboxylic acids is 2. The third-order valence-electron chi connectivity index (χ3n) is 7.36. The summed E-state index contributed by atoms with van der Waals surface area (Å²) < 4.78 is 29.6. The van der Waals surface area contributed by atoms with Crippen LogP contribution in [0.5, 0.6) is 0 Å². The molecule has 0 aromatic heterocycles. The number of hydrogen-bond donors (Lipinski definition) is 1. The van der Waals surface area contributed by atoms with Gasteiger partial charge in [0, 0.05) is 18.5 Å². The lowest BCUT2D eigenvalue weighted by Crippen LogP contribution is -2.56. The first-order chi connectivity index (χ1) is 21.8. The van der Waals surface area contributed by atoms with Crippen molar-refractivity contribution in [1.29, 1.82) is 0 Å². The van der Waals surface area contributed by atoms with Gasteiger partial charge in [-0.15, -0.1) is 0 Å². The highest BCUT2D eigenvalue weighted by Gasteiger charge is 2.36. The summed E-state index contributed by atoms with van der Waals surface area (Å²) in [5.74, 6) is -0.919. The monoisotopic (exact) mass is 679 g/mol. The Morgan fingerprint density at radius 1 is 0.804 bits per heavy atom. The molecular formula is C36H39Cl2N3O4S. The van der Waals surface area contributed by atoms with Gasteiger partial charge in [0.15, 0.2) is 0 Å². The predicted octanol–water partition coefficient (Wildman–Crippen LogP) is 7.31. The molecular weight excluding hydrogens is 641 g/mol. The molecule has 4 aromatic carbocycles. The minimum atomic E-state index is -4.19. The lowest BCUT2D eigenvalue weighted by atomic mass is 10.0. The van der Waals surface area contributed by atoms with Gasteiger partial charge in [-0.2, -0.15) is 0 Å². The van der Waals surface area contributed by atoms with E-state index in [9.17, 15) is 18.0 Å². The van der Waals surface area contributed by atoms with Crippen molar-refractivity contribution in [3.05, 3.63) is 130 Å². The molecule has 0 radical (unpaired) electrons. The van der Waals surface area contributed by atoms with Crippen LogP contribution in [0.3, 0.4) is 0 Å². The Morgan fingerprint density at radius 3 is 2.02 bits per heavy atom. The third-order valence-corrected chi connectivity index (χ3v) is 9.87. The molecule has 10 heteroatoms. The molecule has 2 amide bonds. The molecule has 0 heterocycles. The summed E-state index contributed by atoms with van der Waals surface area (Å²) in [6, 6.07) is 28.6. The molecule has 0 spiro atoms. The molecule has 0 aliphatic heterocycles. The molecule has 1 N–H and O–H groups in total. The van der Waals surface area contributed by atoms with Gasteiger partial charge in [-0.25, -0.2) is 8.42 Å². The van der Waals surface area contributed by atoms with Crippen LogP contribution < -0.4 is 9.62 Å². The van der Waals surface area contributed by atoms with Gasteiger partial charge in [-0.05, 0) is 74.2 Å². The van der Waals surface area contributed by atoms with Gasteiger partial charge >= 0.3 is 0 Å². The van der Waals surface area contributed by atoms with Crippen LogP contribution in [0.2, 0.25) is 10.0 Å². The quantitative estimate of drug-likeness (QED) is 0.170. The summed E-state index contributed by atoms with van der Waals surface area (Å²) >= 11 is 12.6. The molecule has 0 saturated heterocycles. The van der Waals surface area contributed by atoms with Gasteiger partial charge in [0.05, 0.1) is 20.6 Å². The minimum absolute atomic E-state index is 0.0144. The summed E-state index contributed by atoms with van der Waals surface area (Å²) in [5.41, 5.74) is 2.05. The normalized spacial score (nSPS) is 12.3. The Morgan fingerprint density at radius 2 is 1.41 bits per heavy atom. The van der Waals surface area contributed by atoms with Crippen molar-refractivity contribution in [1.82, 2.24) is 10.2 Å². The Balaban J connectivity index is 1.85. The smallest absolute Gasteiger partial charge is 0.264 e. The zero-order valence-electron chi connectivity index (χ0n) is 26.4. The fourth-order valence-corrected chi connectivity index (χ4v) is 6.92. The van der Waals surface area contributed by atoms with Crippen molar-refractivity contribution in [2.45, 2.75) is 63.6 Å². The van der Waals surface area contributed by atoms with Crippen molar-refractivity contribution in [2.24, 2.45) is 0 Å². The number of amides is 2. The van der Waals surface area contributed by atoms with E-state index >= 15 is 0 Å². The van der Waals surface area contributed by atoms with Crippen LogP contribution in [0, 0.1) is 0 Å². The fraction of sp³-hybridized carbons (Fsp3) is 0.278. The molecule has 0 saturated carbocycles. The molecule has 1 unspecified atom stereocenters. The van der Waals surface area contributed by atoms with E-state index in [1.807, 2.05) is 70.2 Å². The standard InChI is InChI=1S/C36H39Cl2N3O4S/c1-5-28-16-12-13-19-32(28)41(46(44,45)29-17-10-7-11-18-29)25-34(42)40(24-27-20-21-30(37)31(38)22-27)33(35(43)39-36(2,3)4)23-26-14-8-6-9-15-26/h6-22,33H,5,23-25H2,1-4H3,(H,39,43). The number of benzene rings is 4. The molecule has 46 heavy (non-hydrogen) atoms. The first-order valence-electron chi connectivity index (χ1n) is 15.0. The number of carbonyl (C=O) groups is 2. The van der Waals surface area contributed by atoms with Crippen molar-refractivity contribution in [3.8, 4) is 0 Å². The number of para-hydroxylation sites is 1. The second-order valence-electron chi connectivity index (χ2n) is 12.0.